The number of nitriles is 1. The Labute approximate surface area is 98.1 Å². The number of nitrogens with zero attached hydrogens (tertiary/aromatic N) is 1. The number of thioether (sulfide) groups is 1. The summed E-state index contributed by atoms with van der Waals surface area (Å²) < 4.78 is 0. The third-order valence-electron chi connectivity index (χ3n) is 2.36. The highest BCUT2D eigenvalue weighted by molar-refractivity contribution is 7.99. The Balaban J connectivity index is 3.30. The van der Waals surface area contributed by atoms with Crippen molar-refractivity contribution >= 4 is 11.8 Å². The number of aliphatic hydroxyl groups excluding tert-OH is 1. The number of hydrogen-bond donors (Lipinski definition) is 1. The second-order valence-electron chi connectivity index (χ2n) is 4.82. The summed E-state index contributed by atoms with van der Waals surface area (Å²) in [5.41, 5.74) is -0.164. The second-order valence-corrected chi connectivity index (χ2v) is 5.97. The van der Waals surface area contributed by atoms with Crippen molar-refractivity contribution in [3.8, 4) is 6.07 Å². The zero-order chi connectivity index (χ0) is 11.7. The minimum absolute atomic E-state index is 0.164. The molecule has 1 N–H and O–H groups in total. The Morgan fingerprint density at radius 1 is 1.40 bits per heavy atom. The fourth-order valence-electron chi connectivity index (χ4n) is 1.16. The van der Waals surface area contributed by atoms with Crippen LogP contribution in [0.5, 0.6) is 0 Å². The molecule has 0 fully saturated rings. The summed E-state index contributed by atoms with van der Waals surface area (Å²) in [6.07, 6.45) is 3.29. The van der Waals surface area contributed by atoms with Crippen LogP contribution in [0.1, 0.15) is 40.0 Å². The second kappa shape index (κ2) is 8.01. The van der Waals surface area contributed by atoms with Gasteiger partial charge in [-0.25, -0.2) is 0 Å². The van der Waals surface area contributed by atoms with Gasteiger partial charge in [0.1, 0.15) is 0 Å². The van der Waals surface area contributed by atoms with E-state index in [0.29, 0.717) is 5.92 Å². The monoisotopic (exact) mass is 229 g/mol. The molecule has 0 rings (SSSR count). The predicted molar refractivity (Wildman–Crippen MR) is 66.8 cm³/mol. The van der Waals surface area contributed by atoms with Gasteiger partial charge in [-0.2, -0.15) is 17.0 Å². The van der Waals surface area contributed by atoms with Gasteiger partial charge < -0.3 is 5.11 Å². The predicted octanol–water partition coefficient (Wildman–Crippen LogP) is 3.07. The van der Waals surface area contributed by atoms with Crippen molar-refractivity contribution in [1.29, 1.82) is 5.26 Å². The summed E-state index contributed by atoms with van der Waals surface area (Å²) in [6.45, 7) is 6.34. The first kappa shape index (κ1) is 14.8. The van der Waals surface area contributed by atoms with Crippen LogP contribution >= 0.6 is 11.8 Å². The van der Waals surface area contributed by atoms with Crippen molar-refractivity contribution in [3.05, 3.63) is 0 Å². The van der Waals surface area contributed by atoms with Gasteiger partial charge in [-0.3, -0.25) is 0 Å². The van der Waals surface area contributed by atoms with Gasteiger partial charge in [0.15, 0.2) is 0 Å². The third kappa shape index (κ3) is 8.77. The van der Waals surface area contributed by atoms with E-state index in [1.165, 1.54) is 6.42 Å². The molecule has 0 aromatic heterocycles. The quantitative estimate of drug-likeness (QED) is 0.651. The van der Waals surface area contributed by atoms with Crippen LogP contribution in [-0.4, -0.2) is 23.2 Å². The summed E-state index contributed by atoms with van der Waals surface area (Å²) in [4.78, 5) is 0. The summed E-state index contributed by atoms with van der Waals surface area (Å²) in [7, 11) is 0. The molecule has 0 aromatic carbocycles. The van der Waals surface area contributed by atoms with Crippen LogP contribution in [0, 0.1) is 22.7 Å². The van der Waals surface area contributed by atoms with Crippen LogP contribution < -0.4 is 0 Å². The highest BCUT2D eigenvalue weighted by atomic mass is 32.2. The molecule has 0 bridgehead atoms. The van der Waals surface area contributed by atoms with Crippen molar-refractivity contribution in [2.24, 2.45) is 11.3 Å². The van der Waals surface area contributed by atoms with E-state index in [2.05, 4.69) is 13.0 Å². The first-order valence-electron chi connectivity index (χ1n) is 5.61. The molecule has 0 aromatic rings. The standard InChI is InChI=1S/C12H23NOS/c1-11(8-14)9-15-7-5-4-6-12(2,3)10-13/h11,14H,4-9H2,1-3H3. The van der Waals surface area contributed by atoms with Crippen LogP contribution in [0.2, 0.25) is 0 Å². The van der Waals surface area contributed by atoms with Crippen molar-refractivity contribution in [2.75, 3.05) is 18.1 Å². The number of hydrogen-bond acceptors (Lipinski definition) is 3. The smallest absolute Gasteiger partial charge is 0.0683 e. The average Bonchev–Trinajstić information content (AvgIpc) is 2.22. The summed E-state index contributed by atoms with van der Waals surface area (Å²) in [5.74, 6) is 2.59. The third-order valence-corrected chi connectivity index (χ3v) is 3.74. The SMILES string of the molecule is CC(CO)CSCCCCC(C)(C)C#N. The lowest BCUT2D eigenvalue weighted by Crippen LogP contribution is -2.07. The Morgan fingerprint density at radius 2 is 2.07 bits per heavy atom. The number of aliphatic hydroxyl groups is 1. The van der Waals surface area contributed by atoms with Crippen LogP contribution in [-0.2, 0) is 0 Å². The molecule has 1 atom stereocenters. The van der Waals surface area contributed by atoms with Gasteiger partial charge >= 0.3 is 0 Å². The highest BCUT2D eigenvalue weighted by Crippen LogP contribution is 2.22. The lowest BCUT2D eigenvalue weighted by molar-refractivity contribution is 0.250. The van der Waals surface area contributed by atoms with Gasteiger partial charge in [-0.05, 0) is 44.1 Å². The van der Waals surface area contributed by atoms with Crippen molar-refractivity contribution in [3.63, 3.8) is 0 Å². The molecule has 15 heavy (non-hydrogen) atoms. The Morgan fingerprint density at radius 3 is 2.60 bits per heavy atom. The van der Waals surface area contributed by atoms with Crippen LogP contribution in [0.4, 0.5) is 0 Å². The van der Waals surface area contributed by atoms with E-state index in [9.17, 15) is 0 Å². The molecular formula is C12H23NOS. The molecule has 0 saturated carbocycles. The van der Waals surface area contributed by atoms with Crippen molar-refractivity contribution < 1.29 is 5.11 Å². The van der Waals surface area contributed by atoms with Crippen molar-refractivity contribution in [1.82, 2.24) is 0 Å². The van der Waals surface area contributed by atoms with E-state index >= 15 is 0 Å². The van der Waals surface area contributed by atoms with E-state index < -0.39 is 0 Å². The van der Waals surface area contributed by atoms with E-state index in [4.69, 9.17) is 10.4 Å². The van der Waals surface area contributed by atoms with Crippen LogP contribution in [0.3, 0.4) is 0 Å². The van der Waals surface area contributed by atoms with Gasteiger partial charge in [0.2, 0.25) is 0 Å². The fraction of sp³-hybridized carbons (Fsp3) is 0.917. The molecule has 0 aliphatic carbocycles. The van der Waals surface area contributed by atoms with Gasteiger partial charge in [0.05, 0.1) is 11.5 Å². The normalized spacial score (nSPS) is 13.5. The molecule has 1 unspecified atom stereocenters. The maximum absolute atomic E-state index is 8.83. The largest absolute Gasteiger partial charge is 0.396 e. The minimum atomic E-state index is -0.164. The highest BCUT2D eigenvalue weighted by Gasteiger charge is 2.15. The Kier molecular flexibility index (Phi) is 7.90. The molecular weight excluding hydrogens is 206 g/mol. The molecule has 0 saturated heterocycles. The summed E-state index contributed by atoms with van der Waals surface area (Å²) in [6, 6.07) is 2.32. The molecule has 0 amide bonds. The topological polar surface area (TPSA) is 44.0 Å². The molecule has 0 radical (unpaired) electrons. The Bertz CT molecular complexity index is 198. The van der Waals surface area contributed by atoms with Gasteiger partial charge in [0, 0.05) is 6.61 Å². The molecule has 0 spiro atoms. The zero-order valence-corrected chi connectivity index (χ0v) is 10.9. The zero-order valence-electron chi connectivity index (χ0n) is 10.1. The lowest BCUT2D eigenvalue weighted by Gasteiger charge is -2.14. The van der Waals surface area contributed by atoms with Crippen LogP contribution in [0.15, 0.2) is 0 Å². The van der Waals surface area contributed by atoms with E-state index in [1.54, 1.807) is 0 Å². The van der Waals surface area contributed by atoms with Crippen molar-refractivity contribution in [2.45, 2.75) is 40.0 Å². The fourth-order valence-corrected chi connectivity index (χ4v) is 2.25. The first-order valence-corrected chi connectivity index (χ1v) is 6.77. The molecule has 3 heteroatoms. The van der Waals surface area contributed by atoms with Crippen LogP contribution in [0.25, 0.3) is 0 Å². The van der Waals surface area contributed by atoms with E-state index in [-0.39, 0.29) is 12.0 Å². The number of unbranched alkanes of at least 4 members (excludes halogenated alkanes) is 1. The first-order chi connectivity index (χ1) is 7.02. The molecule has 0 heterocycles. The van der Waals surface area contributed by atoms with E-state index in [1.807, 2.05) is 25.6 Å². The van der Waals surface area contributed by atoms with Gasteiger partial charge in [0.25, 0.3) is 0 Å². The lowest BCUT2D eigenvalue weighted by atomic mass is 9.89. The summed E-state index contributed by atoms with van der Waals surface area (Å²) >= 11 is 1.90. The van der Waals surface area contributed by atoms with E-state index in [0.717, 1.165) is 24.3 Å². The maximum atomic E-state index is 8.83. The minimum Gasteiger partial charge on any atom is -0.396 e. The average molecular weight is 229 g/mol. The summed E-state index contributed by atoms with van der Waals surface area (Å²) in [5, 5.41) is 17.6. The maximum Gasteiger partial charge on any atom is 0.0683 e. The molecule has 88 valence electrons. The van der Waals surface area contributed by atoms with Gasteiger partial charge in [-0.15, -0.1) is 0 Å². The Hall–Kier alpha value is -0.200. The molecule has 0 aliphatic rings. The molecule has 0 aliphatic heterocycles. The molecule has 2 nitrogen and oxygen atoms in total. The number of rotatable bonds is 8. The van der Waals surface area contributed by atoms with Gasteiger partial charge in [-0.1, -0.05) is 13.3 Å².